The van der Waals surface area contributed by atoms with Crippen molar-refractivity contribution < 1.29 is 14.3 Å². The van der Waals surface area contributed by atoms with E-state index >= 15 is 0 Å². The van der Waals surface area contributed by atoms with Crippen LogP contribution >= 0.6 is 23.2 Å². The van der Waals surface area contributed by atoms with E-state index in [1.807, 2.05) is 13.8 Å². The maximum Gasteiger partial charge on any atom is 0.325 e. The summed E-state index contributed by atoms with van der Waals surface area (Å²) in [7, 11) is 0. The topological polar surface area (TPSA) is 46.6 Å². The van der Waals surface area contributed by atoms with Crippen molar-refractivity contribution in [2.75, 3.05) is 13.2 Å². The zero-order valence-corrected chi connectivity index (χ0v) is 13.2. The first-order valence-corrected chi connectivity index (χ1v) is 7.04. The molecule has 0 spiro atoms. The lowest BCUT2D eigenvalue weighted by molar-refractivity contribution is -0.144. The largest absolute Gasteiger partial charge is 0.465 e. The van der Waals surface area contributed by atoms with E-state index in [1.165, 1.54) is 11.0 Å². The Kier molecular flexibility index (Phi) is 6.30. The summed E-state index contributed by atoms with van der Waals surface area (Å²) in [5.41, 5.74) is 0.275. The van der Waals surface area contributed by atoms with Crippen LogP contribution in [0.4, 0.5) is 0 Å². The van der Waals surface area contributed by atoms with E-state index < -0.39 is 5.97 Å². The van der Waals surface area contributed by atoms with Gasteiger partial charge in [-0.25, -0.2) is 0 Å². The molecule has 0 N–H and O–H groups in total. The summed E-state index contributed by atoms with van der Waals surface area (Å²) >= 11 is 11.9. The van der Waals surface area contributed by atoms with Gasteiger partial charge in [0.1, 0.15) is 6.54 Å². The lowest BCUT2D eigenvalue weighted by Gasteiger charge is -2.26. The molecule has 1 rings (SSSR count). The molecule has 1 amide bonds. The molecule has 0 heterocycles. The Bertz CT molecular complexity index is 503. The molecule has 0 aliphatic rings. The third-order valence-electron chi connectivity index (χ3n) is 2.65. The molecule has 0 saturated carbocycles. The van der Waals surface area contributed by atoms with Crippen molar-refractivity contribution in [2.24, 2.45) is 0 Å². The molecule has 1 aromatic carbocycles. The Labute approximate surface area is 128 Å². The van der Waals surface area contributed by atoms with E-state index in [2.05, 4.69) is 0 Å². The van der Waals surface area contributed by atoms with Crippen molar-refractivity contribution >= 4 is 35.1 Å². The molecule has 110 valence electrons. The monoisotopic (exact) mass is 317 g/mol. The second-order valence-electron chi connectivity index (χ2n) is 4.46. The lowest BCUT2D eigenvalue weighted by Crippen LogP contribution is -2.41. The minimum Gasteiger partial charge on any atom is -0.465 e. The van der Waals surface area contributed by atoms with Gasteiger partial charge >= 0.3 is 5.97 Å². The molecule has 0 fully saturated rings. The molecular weight excluding hydrogens is 301 g/mol. The van der Waals surface area contributed by atoms with Gasteiger partial charge < -0.3 is 9.64 Å². The van der Waals surface area contributed by atoms with Gasteiger partial charge in [0.05, 0.1) is 17.2 Å². The molecular formula is C14H17Cl2NO3. The molecule has 0 saturated heterocycles. The molecule has 20 heavy (non-hydrogen) atoms. The summed E-state index contributed by atoms with van der Waals surface area (Å²) < 4.78 is 4.87. The zero-order valence-electron chi connectivity index (χ0n) is 11.7. The Morgan fingerprint density at radius 1 is 1.30 bits per heavy atom. The van der Waals surface area contributed by atoms with E-state index in [0.717, 1.165) is 0 Å². The van der Waals surface area contributed by atoms with Crippen molar-refractivity contribution in [2.45, 2.75) is 26.8 Å². The van der Waals surface area contributed by atoms with Crippen LogP contribution in [0.25, 0.3) is 0 Å². The maximum absolute atomic E-state index is 12.5. The lowest BCUT2D eigenvalue weighted by atomic mass is 10.1. The Hall–Kier alpha value is -1.26. The fourth-order valence-corrected chi connectivity index (χ4v) is 2.02. The van der Waals surface area contributed by atoms with Gasteiger partial charge in [-0.15, -0.1) is 0 Å². The second kappa shape index (κ2) is 7.50. The summed E-state index contributed by atoms with van der Waals surface area (Å²) in [6.07, 6.45) is 0. The highest BCUT2D eigenvalue weighted by atomic mass is 35.5. The van der Waals surface area contributed by atoms with Crippen LogP contribution in [0.2, 0.25) is 10.0 Å². The third kappa shape index (κ3) is 4.39. The van der Waals surface area contributed by atoms with Crippen molar-refractivity contribution in [1.82, 2.24) is 4.90 Å². The number of nitrogens with zero attached hydrogens (tertiary/aromatic N) is 1. The van der Waals surface area contributed by atoms with Crippen molar-refractivity contribution in [3.05, 3.63) is 33.8 Å². The summed E-state index contributed by atoms with van der Waals surface area (Å²) in [5, 5.41) is 0.714. The standard InChI is InChI=1S/C14H17Cl2NO3/c1-4-20-13(18)8-17(9(2)3)14(19)11-7-10(15)5-6-12(11)16/h5-7,9H,4,8H2,1-3H3. The van der Waals surface area contributed by atoms with Gasteiger partial charge in [-0.2, -0.15) is 0 Å². The number of rotatable bonds is 5. The average Bonchev–Trinajstić information content (AvgIpc) is 2.38. The highest BCUT2D eigenvalue weighted by molar-refractivity contribution is 6.35. The van der Waals surface area contributed by atoms with Crippen LogP contribution in [0.1, 0.15) is 31.1 Å². The molecule has 0 aromatic heterocycles. The van der Waals surface area contributed by atoms with Gasteiger partial charge in [-0.3, -0.25) is 9.59 Å². The normalized spacial score (nSPS) is 10.5. The first-order chi connectivity index (χ1) is 9.36. The minimum absolute atomic E-state index is 0.118. The summed E-state index contributed by atoms with van der Waals surface area (Å²) in [5.74, 6) is -0.798. The number of halogens is 2. The fraction of sp³-hybridized carbons (Fsp3) is 0.429. The van der Waals surface area contributed by atoms with Crippen molar-refractivity contribution in [3.63, 3.8) is 0 Å². The van der Waals surface area contributed by atoms with Gasteiger partial charge in [0.15, 0.2) is 0 Å². The molecule has 0 bridgehead atoms. The summed E-state index contributed by atoms with van der Waals surface area (Å²) in [6, 6.07) is 4.49. The number of amides is 1. The Morgan fingerprint density at radius 2 is 1.95 bits per heavy atom. The van der Waals surface area contributed by atoms with Crippen LogP contribution in [0.15, 0.2) is 18.2 Å². The molecule has 4 nitrogen and oxygen atoms in total. The number of hydrogen-bond donors (Lipinski definition) is 0. The third-order valence-corrected chi connectivity index (χ3v) is 3.21. The van der Waals surface area contributed by atoms with Gasteiger partial charge in [0.25, 0.3) is 5.91 Å². The number of ether oxygens (including phenoxy) is 1. The van der Waals surface area contributed by atoms with Gasteiger partial charge in [0.2, 0.25) is 0 Å². The molecule has 0 aliphatic carbocycles. The summed E-state index contributed by atoms with van der Waals surface area (Å²) in [4.78, 5) is 25.4. The smallest absolute Gasteiger partial charge is 0.325 e. The average molecular weight is 318 g/mol. The molecule has 0 radical (unpaired) electrons. The van der Waals surface area contributed by atoms with Gasteiger partial charge in [-0.1, -0.05) is 23.2 Å². The maximum atomic E-state index is 12.5. The number of hydrogen-bond acceptors (Lipinski definition) is 3. The molecule has 0 unspecified atom stereocenters. The van der Waals surface area contributed by atoms with Crippen LogP contribution in [-0.2, 0) is 9.53 Å². The quantitative estimate of drug-likeness (QED) is 0.782. The van der Waals surface area contributed by atoms with E-state index in [0.29, 0.717) is 10.0 Å². The number of carbonyl (C=O) groups is 2. The van der Waals surface area contributed by atoms with Crippen LogP contribution in [0, 0.1) is 0 Å². The Balaban J connectivity index is 2.99. The summed E-state index contributed by atoms with van der Waals surface area (Å²) in [6.45, 7) is 5.50. The number of benzene rings is 1. The molecule has 0 aliphatic heterocycles. The highest BCUT2D eigenvalue weighted by Gasteiger charge is 2.24. The first-order valence-electron chi connectivity index (χ1n) is 6.28. The van der Waals surface area contributed by atoms with Crippen molar-refractivity contribution in [1.29, 1.82) is 0 Å². The Morgan fingerprint density at radius 3 is 2.50 bits per heavy atom. The van der Waals surface area contributed by atoms with Crippen LogP contribution in [0.5, 0.6) is 0 Å². The van der Waals surface area contributed by atoms with Crippen LogP contribution < -0.4 is 0 Å². The van der Waals surface area contributed by atoms with E-state index in [4.69, 9.17) is 27.9 Å². The van der Waals surface area contributed by atoms with Gasteiger partial charge in [0, 0.05) is 11.1 Å². The number of carbonyl (C=O) groups excluding carboxylic acids is 2. The van der Waals surface area contributed by atoms with Crippen molar-refractivity contribution in [3.8, 4) is 0 Å². The van der Waals surface area contributed by atoms with E-state index in [-0.39, 0.29) is 30.7 Å². The SMILES string of the molecule is CCOC(=O)CN(C(=O)c1cc(Cl)ccc1Cl)C(C)C. The predicted octanol–water partition coefficient (Wildman–Crippen LogP) is 3.41. The highest BCUT2D eigenvalue weighted by Crippen LogP contribution is 2.22. The van der Waals surface area contributed by atoms with Crippen LogP contribution in [0.3, 0.4) is 0 Å². The molecule has 1 aromatic rings. The van der Waals surface area contributed by atoms with E-state index in [9.17, 15) is 9.59 Å². The van der Waals surface area contributed by atoms with Crippen LogP contribution in [-0.4, -0.2) is 36.0 Å². The van der Waals surface area contributed by atoms with E-state index in [1.54, 1.807) is 19.1 Å². The zero-order chi connectivity index (χ0) is 15.3. The fourth-order valence-electron chi connectivity index (χ4n) is 1.65. The first kappa shape index (κ1) is 16.8. The molecule has 6 heteroatoms. The molecule has 0 atom stereocenters. The number of esters is 1. The second-order valence-corrected chi connectivity index (χ2v) is 5.30. The minimum atomic E-state index is -0.451. The van der Waals surface area contributed by atoms with Gasteiger partial charge in [-0.05, 0) is 39.0 Å². The predicted molar refractivity (Wildman–Crippen MR) is 79.3 cm³/mol.